The molecule has 1 aromatic carbocycles. The van der Waals surface area contributed by atoms with Gasteiger partial charge in [-0.05, 0) is 12.1 Å². The zero-order valence-electron chi connectivity index (χ0n) is 8.57. The number of hydrogen-bond donors (Lipinski definition) is 5. The Labute approximate surface area is 89.0 Å². The molecule has 0 radical (unpaired) electrons. The molecule has 0 spiro atoms. The lowest BCUT2D eigenvalue weighted by Crippen LogP contribution is -1.86. The summed E-state index contributed by atoms with van der Waals surface area (Å²) in [4.78, 5) is 10.00. The van der Waals surface area contributed by atoms with Gasteiger partial charge in [-0.15, -0.1) is 0 Å². The Kier molecular flexibility index (Phi) is 18.7. The minimum absolute atomic E-state index is 0. The highest BCUT2D eigenvalue weighted by atomic mass is 16.4. The van der Waals surface area contributed by atoms with E-state index < -0.39 is 5.97 Å². The van der Waals surface area contributed by atoms with Gasteiger partial charge in [-0.2, -0.15) is 0 Å². The van der Waals surface area contributed by atoms with Gasteiger partial charge in [0.2, 0.25) is 0 Å². The van der Waals surface area contributed by atoms with Gasteiger partial charge in [0, 0.05) is 11.5 Å². The summed E-state index contributed by atoms with van der Waals surface area (Å²) in [5, 5.41) is 8.20. The van der Waals surface area contributed by atoms with E-state index in [0.717, 1.165) is 5.56 Å². The lowest BCUT2D eigenvalue weighted by molar-refractivity contribution is -0.130. The van der Waals surface area contributed by atoms with E-state index in [0.29, 0.717) is 0 Å². The molecule has 0 heterocycles. The van der Waals surface area contributed by atoms with Crippen LogP contribution in [0.2, 0.25) is 0 Å². The molecule has 0 bridgehead atoms. The van der Waals surface area contributed by atoms with Gasteiger partial charge in [0.05, 0.1) is 0 Å². The molecule has 86 valence electrons. The van der Waals surface area contributed by atoms with E-state index in [9.17, 15) is 4.79 Å². The zero-order chi connectivity index (χ0) is 8.10. The molecule has 0 fully saturated rings. The van der Waals surface area contributed by atoms with E-state index in [-0.39, 0.29) is 24.6 Å². The lowest BCUT2D eigenvalue weighted by Gasteiger charge is -1.83. The predicted molar refractivity (Wildman–Crippen MR) is 61.0 cm³/mol. The molecule has 0 unspecified atom stereocenters. The molecule has 13 N–H and O–H groups in total. The van der Waals surface area contributed by atoms with Crippen molar-refractivity contribution in [1.29, 1.82) is 0 Å². The van der Waals surface area contributed by atoms with Gasteiger partial charge in [-0.25, -0.2) is 4.79 Å². The van der Waals surface area contributed by atoms with Crippen molar-refractivity contribution in [2.24, 2.45) is 0 Å². The second kappa shape index (κ2) is 12.1. The van der Waals surface area contributed by atoms with Gasteiger partial charge in [-0.3, -0.25) is 0 Å². The summed E-state index contributed by atoms with van der Waals surface area (Å²) >= 11 is 0. The predicted octanol–water partition coefficient (Wildman–Crippen LogP) is 1.77. The summed E-state index contributed by atoms with van der Waals surface area (Å²) in [6.07, 6.45) is 0. The Morgan fingerprint density at radius 1 is 1.00 bits per heavy atom. The van der Waals surface area contributed by atoms with E-state index in [1.165, 1.54) is 0 Å². The van der Waals surface area contributed by atoms with Crippen LogP contribution >= 0.6 is 0 Å². The van der Waals surface area contributed by atoms with E-state index >= 15 is 0 Å². The molecule has 15 heavy (non-hydrogen) atoms. The van der Waals surface area contributed by atoms with Crippen molar-refractivity contribution < 1.29 is 9.90 Å². The molecule has 0 saturated heterocycles. The maximum absolute atomic E-state index is 10.00. The second-order valence-electron chi connectivity index (χ2n) is 1.92. The highest BCUT2D eigenvalue weighted by Crippen LogP contribution is 1.93. The first kappa shape index (κ1) is 23.2. The number of aliphatic carboxylic acids is 1. The van der Waals surface area contributed by atoms with Gasteiger partial charge in [-0.1, -0.05) is 24.1 Å². The lowest BCUT2D eigenvalue weighted by atomic mass is 10.2. The third-order valence-corrected chi connectivity index (χ3v) is 1.09. The van der Waals surface area contributed by atoms with Gasteiger partial charge in [0.25, 0.3) is 0 Å². The summed E-state index contributed by atoms with van der Waals surface area (Å²) in [5.74, 6) is 3.42. The van der Waals surface area contributed by atoms with Crippen molar-refractivity contribution in [3.63, 3.8) is 0 Å². The molecule has 0 atom stereocenters. The van der Waals surface area contributed by atoms with Crippen LogP contribution in [0.3, 0.4) is 0 Å². The Hall–Kier alpha value is -1.91. The van der Waals surface area contributed by atoms with Crippen molar-refractivity contribution in [3.8, 4) is 11.8 Å². The smallest absolute Gasteiger partial charge is 0.382 e. The maximum atomic E-state index is 10.00. The summed E-state index contributed by atoms with van der Waals surface area (Å²) in [6.45, 7) is 0. The minimum Gasteiger partial charge on any atom is -0.472 e. The Bertz CT molecular complexity index is 316. The molecule has 6 heteroatoms. The molecule has 6 nitrogen and oxygen atoms in total. The average molecular weight is 214 g/mol. The average Bonchev–Trinajstić information content (AvgIpc) is 2.03. The van der Waals surface area contributed by atoms with Gasteiger partial charge < -0.3 is 29.7 Å². The fourth-order valence-electron chi connectivity index (χ4n) is 0.647. The van der Waals surface area contributed by atoms with Crippen LogP contribution in [0.1, 0.15) is 5.56 Å². The summed E-state index contributed by atoms with van der Waals surface area (Å²) in [5.41, 5.74) is 0.718. The molecule has 0 amide bonds. The number of benzene rings is 1. The number of carboxylic acids is 1. The third kappa shape index (κ3) is 10.0. The molecule has 0 aromatic heterocycles. The SMILES string of the molecule is N.N.N.N.O=C(O)C#Cc1ccccc1. The summed E-state index contributed by atoms with van der Waals surface area (Å²) < 4.78 is 0. The van der Waals surface area contributed by atoms with Crippen molar-refractivity contribution in [2.75, 3.05) is 0 Å². The van der Waals surface area contributed by atoms with Crippen LogP contribution in [0, 0.1) is 11.8 Å². The first-order valence-corrected chi connectivity index (χ1v) is 3.09. The van der Waals surface area contributed by atoms with Crippen LogP contribution in [0.5, 0.6) is 0 Å². The summed E-state index contributed by atoms with van der Waals surface area (Å²) in [7, 11) is 0. The fraction of sp³-hybridized carbons (Fsp3) is 0. The van der Waals surface area contributed by atoms with Crippen LogP contribution in [-0.2, 0) is 4.79 Å². The molecular weight excluding hydrogens is 196 g/mol. The molecule has 0 aliphatic heterocycles. The molecular formula is C9H18N4O2. The van der Waals surface area contributed by atoms with E-state index in [1.54, 1.807) is 12.1 Å². The van der Waals surface area contributed by atoms with Gasteiger partial charge >= 0.3 is 5.97 Å². The van der Waals surface area contributed by atoms with E-state index in [4.69, 9.17) is 5.11 Å². The van der Waals surface area contributed by atoms with Crippen molar-refractivity contribution in [2.45, 2.75) is 0 Å². The molecule has 0 aliphatic carbocycles. The zero-order valence-corrected chi connectivity index (χ0v) is 8.57. The molecule has 1 rings (SSSR count). The van der Waals surface area contributed by atoms with Crippen molar-refractivity contribution in [1.82, 2.24) is 24.6 Å². The first-order valence-electron chi connectivity index (χ1n) is 3.09. The maximum Gasteiger partial charge on any atom is 0.382 e. The summed E-state index contributed by atoms with van der Waals surface area (Å²) in [6, 6.07) is 9.00. The van der Waals surface area contributed by atoms with Crippen LogP contribution in [0.4, 0.5) is 0 Å². The highest BCUT2D eigenvalue weighted by molar-refractivity contribution is 5.87. The van der Waals surface area contributed by atoms with Crippen LogP contribution in [0.25, 0.3) is 0 Å². The Morgan fingerprint density at radius 2 is 1.47 bits per heavy atom. The standard InChI is InChI=1S/C9H6O2.4H3N/c10-9(11)7-6-8-4-2-1-3-5-8;;;;/h1-5H,(H,10,11);4*1H3. The highest BCUT2D eigenvalue weighted by Gasteiger charge is 1.84. The Morgan fingerprint density at radius 3 is 1.87 bits per heavy atom. The van der Waals surface area contributed by atoms with Gasteiger partial charge in [0.15, 0.2) is 0 Å². The van der Waals surface area contributed by atoms with Crippen LogP contribution in [-0.4, -0.2) is 11.1 Å². The molecule has 0 saturated carbocycles. The fourth-order valence-corrected chi connectivity index (χ4v) is 0.647. The van der Waals surface area contributed by atoms with Crippen LogP contribution < -0.4 is 24.6 Å². The largest absolute Gasteiger partial charge is 0.472 e. The molecule has 0 aliphatic rings. The second-order valence-corrected chi connectivity index (χ2v) is 1.92. The monoisotopic (exact) mass is 214 g/mol. The van der Waals surface area contributed by atoms with E-state index in [2.05, 4.69) is 5.92 Å². The quantitative estimate of drug-likeness (QED) is 0.410. The topological polar surface area (TPSA) is 177 Å². The van der Waals surface area contributed by atoms with Crippen LogP contribution in [0.15, 0.2) is 30.3 Å². The molecule has 1 aromatic rings. The third-order valence-electron chi connectivity index (χ3n) is 1.09. The van der Waals surface area contributed by atoms with Gasteiger partial charge in [0.1, 0.15) is 0 Å². The number of carbonyl (C=O) groups is 1. The van der Waals surface area contributed by atoms with Crippen molar-refractivity contribution >= 4 is 5.97 Å². The number of hydrogen-bond acceptors (Lipinski definition) is 5. The normalized spacial score (nSPS) is 5.87. The number of carboxylic acid groups (broad SMARTS) is 1. The van der Waals surface area contributed by atoms with E-state index in [1.807, 2.05) is 24.1 Å². The minimum atomic E-state index is -1.10. The van der Waals surface area contributed by atoms with Crippen molar-refractivity contribution in [3.05, 3.63) is 35.9 Å². The first-order chi connectivity index (χ1) is 5.29. The Balaban J connectivity index is -0.000000151. The number of rotatable bonds is 0.